The van der Waals surface area contributed by atoms with Gasteiger partial charge in [-0.05, 0) is 32.9 Å². The molecule has 0 aliphatic heterocycles. The minimum atomic E-state index is 0.486. The van der Waals surface area contributed by atoms with Crippen molar-refractivity contribution in [3.8, 4) is 0 Å². The third kappa shape index (κ3) is 17.7. The molecule has 2 heteroatoms. The van der Waals surface area contributed by atoms with Crippen molar-refractivity contribution in [1.82, 2.24) is 5.32 Å². The van der Waals surface area contributed by atoms with Crippen LogP contribution in [0.5, 0.6) is 0 Å². The summed E-state index contributed by atoms with van der Waals surface area (Å²) >= 11 is 0. The topological polar surface area (TPSA) is 29.1 Å². The van der Waals surface area contributed by atoms with Gasteiger partial charge in [0.1, 0.15) is 5.78 Å². The SMILES string of the molecule is CCCCCCCCCCCCCC(=O)CCCCCNC. The molecular weight excluding hydrogens is 270 g/mol. The largest absolute Gasteiger partial charge is 0.320 e. The Morgan fingerprint density at radius 1 is 0.636 bits per heavy atom. The molecule has 0 bridgehead atoms. The van der Waals surface area contributed by atoms with Gasteiger partial charge in [-0.15, -0.1) is 0 Å². The second-order valence-electron chi connectivity index (χ2n) is 6.74. The molecule has 0 aliphatic carbocycles. The van der Waals surface area contributed by atoms with E-state index >= 15 is 0 Å². The van der Waals surface area contributed by atoms with Crippen LogP contribution in [0.3, 0.4) is 0 Å². The minimum Gasteiger partial charge on any atom is -0.320 e. The molecule has 0 amide bonds. The molecule has 0 aromatic carbocycles. The summed E-state index contributed by atoms with van der Waals surface area (Å²) < 4.78 is 0. The van der Waals surface area contributed by atoms with E-state index in [-0.39, 0.29) is 0 Å². The van der Waals surface area contributed by atoms with Crippen molar-refractivity contribution in [2.75, 3.05) is 13.6 Å². The maximum absolute atomic E-state index is 11.7. The van der Waals surface area contributed by atoms with Gasteiger partial charge in [-0.2, -0.15) is 0 Å². The third-order valence-electron chi connectivity index (χ3n) is 4.44. The van der Waals surface area contributed by atoms with Gasteiger partial charge in [0.25, 0.3) is 0 Å². The Morgan fingerprint density at radius 2 is 1.05 bits per heavy atom. The van der Waals surface area contributed by atoms with E-state index in [4.69, 9.17) is 0 Å². The van der Waals surface area contributed by atoms with Gasteiger partial charge < -0.3 is 5.32 Å². The van der Waals surface area contributed by atoms with Crippen LogP contribution < -0.4 is 5.32 Å². The number of Topliss-reactive ketones (excluding diaryl/α,β-unsaturated/α-hetero) is 1. The van der Waals surface area contributed by atoms with Crippen LogP contribution in [0.25, 0.3) is 0 Å². The zero-order chi connectivity index (χ0) is 16.3. The highest BCUT2D eigenvalue weighted by Crippen LogP contribution is 2.12. The fourth-order valence-electron chi connectivity index (χ4n) is 2.91. The molecule has 0 rings (SSSR count). The van der Waals surface area contributed by atoms with Crippen molar-refractivity contribution < 1.29 is 4.79 Å². The van der Waals surface area contributed by atoms with Crippen molar-refractivity contribution in [1.29, 1.82) is 0 Å². The first-order valence-electron chi connectivity index (χ1n) is 9.97. The second-order valence-corrected chi connectivity index (χ2v) is 6.74. The van der Waals surface area contributed by atoms with Gasteiger partial charge in [0.15, 0.2) is 0 Å². The summed E-state index contributed by atoms with van der Waals surface area (Å²) in [5.74, 6) is 0.486. The molecule has 0 fully saturated rings. The summed E-state index contributed by atoms with van der Waals surface area (Å²) in [5, 5.41) is 3.15. The number of hydrogen-bond donors (Lipinski definition) is 1. The summed E-state index contributed by atoms with van der Waals surface area (Å²) in [4.78, 5) is 11.7. The van der Waals surface area contributed by atoms with Crippen molar-refractivity contribution in [2.24, 2.45) is 0 Å². The van der Waals surface area contributed by atoms with Gasteiger partial charge in [0, 0.05) is 12.8 Å². The smallest absolute Gasteiger partial charge is 0.132 e. The highest BCUT2D eigenvalue weighted by atomic mass is 16.1. The first-order chi connectivity index (χ1) is 10.8. The van der Waals surface area contributed by atoms with E-state index in [0.29, 0.717) is 5.78 Å². The van der Waals surface area contributed by atoms with Crippen molar-refractivity contribution in [3.05, 3.63) is 0 Å². The summed E-state index contributed by atoms with van der Waals surface area (Å²) in [6.07, 6.45) is 20.0. The number of unbranched alkanes of at least 4 members (excludes halogenated alkanes) is 12. The highest BCUT2D eigenvalue weighted by Gasteiger charge is 2.01. The Labute approximate surface area is 139 Å². The molecule has 0 atom stereocenters. The average Bonchev–Trinajstić information content (AvgIpc) is 2.52. The molecule has 0 aromatic rings. The summed E-state index contributed by atoms with van der Waals surface area (Å²) in [7, 11) is 1.98. The number of ketones is 1. The predicted octanol–water partition coefficient (Wildman–Crippen LogP) is 6.04. The third-order valence-corrected chi connectivity index (χ3v) is 4.44. The average molecular weight is 312 g/mol. The van der Waals surface area contributed by atoms with E-state index in [1.165, 1.54) is 77.0 Å². The molecule has 0 heterocycles. The van der Waals surface area contributed by atoms with Crippen LogP contribution >= 0.6 is 0 Å². The van der Waals surface area contributed by atoms with E-state index in [9.17, 15) is 4.79 Å². The molecule has 2 nitrogen and oxygen atoms in total. The number of nitrogens with one attached hydrogen (secondary N) is 1. The van der Waals surface area contributed by atoms with Crippen molar-refractivity contribution >= 4 is 5.78 Å². The van der Waals surface area contributed by atoms with Gasteiger partial charge in [-0.1, -0.05) is 77.6 Å². The van der Waals surface area contributed by atoms with E-state index in [1.54, 1.807) is 0 Å². The second kappa shape index (κ2) is 18.7. The fourth-order valence-corrected chi connectivity index (χ4v) is 2.91. The molecule has 0 spiro atoms. The summed E-state index contributed by atoms with van der Waals surface area (Å²) in [6, 6.07) is 0. The van der Waals surface area contributed by atoms with Crippen LogP contribution in [0, 0.1) is 0 Å². The standard InChI is InChI=1S/C20H41NO/c1-3-4-5-6-7-8-9-10-11-12-14-17-20(22)18-15-13-16-19-21-2/h21H,3-19H2,1-2H3. The lowest BCUT2D eigenvalue weighted by Gasteiger charge is -2.03. The Bertz CT molecular complexity index is 228. The molecule has 0 aliphatic rings. The molecule has 0 unspecified atom stereocenters. The first kappa shape index (κ1) is 21.6. The monoisotopic (exact) mass is 311 g/mol. The van der Waals surface area contributed by atoms with E-state index < -0.39 is 0 Å². The van der Waals surface area contributed by atoms with Gasteiger partial charge in [0.05, 0.1) is 0 Å². The molecule has 0 saturated carbocycles. The Kier molecular flexibility index (Phi) is 18.4. The summed E-state index contributed by atoms with van der Waals surface area (Å²) in [6.45, 7) is 3.35. The van der Waals surface area contributed by atoms with Gasteiger partial charge in [-0.3, -0.25) is 4.79 Å². The molecule has 1 N–H and O–H groups in total. The zero-order valence-electron chi connectivity index (χ0n) is 15.4. The lowest BCUT2D eigenvalue weighted by atomic mass is 10.0. The van der Waals surface area contributed by atoms with Crippen LogP contribution in [0.4, 0.5) is 0 Å². The fraction of sp³-hybridized carbons (Fsp3) is 0.950. The molecule has 0 saturated heterocycles. The molecule has 132 valence electrons. The minimum absolute atomic E-state index is 0.486. The first-order valence-corrected chi connectivity index (χ1v) is 9.97. The van der Waals surface area contributed by atoms with Crippen LogP contribution in [0.1, 0.15) is 110 Å². The molecular formula is C20H41NO. The number of carbonyl (C=O) groups excluding carboxylic acids is 1. The lowest BCUT2D eigenvalue weighted by molar-refractivity contribution is -0.119. The highest BCUT2D eigenvalue weighted by molar-refractivity contribution is 5.78. The van der Waals surface area contributed by atoms with E-state index in [2.05, 4.69) is 12.2 Å². The summed E-state index contributed by atoms with van der Waals surface area (Å²) in [5.41, 5.74) is 0. The normalized spacial score (nSPS) is 11.0. The maximum atomic E-state index is 11.7. The van der Waals surface area contributed by atoms with Crippen LogP contribution in [0.15, 0.2) is 0 Å². The van der Waals surface area contributed by atoms with Crippen molar-refractivity contribution in [3.63, 3.8) is 0 Å². The Hall–Kier alpha value is -0.370. The predicted molar refractivity (Wildman–Crippen MR) is 98.5 cm³/mol. The van der Waals surface area contributed by atoms with Crippen molar-refractivity contribution in [2.45, 2.75) is 110 Å². The Morgan fingerprint density at radius 3 is 1.50 bits per heavy atom. The van der Waals surface area contributed by atoms with Crippen LogP contribution in [0.2, 0.25) is 0 Å². The number of rotatable bonds is 18. The van der Waals surface area contributed by atoms with Gasteiger partial charge >= 0.3 is 0 Å². The molecule has 22 heavy (non-hydrogen) atoms. The Balaban J connectivity index is 3.10. The maximum Gasteiger partial charge on any atom is 0.132 e. The number of carbonyl (C=O) groups is 1. The van der Waals surface area contributed by atoms with Gasteiger partial charge in [-0.25, -0.2) is 0 Å². The van der Waals surface area contributed by atoms with Crippen LogP contribution in [-0.2, 0) is 4.79 Å². The number of hydrogen-bond acceptors (Lipinski definition) is 2. The quantitative estimate of drug-likeness (QED) is 0.313. The van der Waals surface area contributed by atoms with Crippen LogP contribution in [-0.4, -0.2) is 19.4 Å². The van der Waals surface area contributed by atoms with E-state index in [0.717, 1.165) is 32.2 Å². The lowest BCUT2D eigenvalue weighted by Crippen LogP contribution is -2.07. The zero-order valence-corrected chi connectivity index (χ0v) is 15.4. The molecule has 0 aromatic heterocycles. The van der Waals surface area contributed by atoms with E-state index in [1.807, 2.05) is 7.05 Å². The molecule has 0 radical (unpaired) electrons. The van der Waals surface area contributed by atoms with Gasteiger partial charge in [0.2, 0.25) is 0 Å².